The topological polar surface area (TPSA) is 76.1 Å². The molecule has 1 aromatic carbocycles. The lowest BCUT2D eigenvalue weighted by atomic mass is 9.80. The number of amides is 1. The highest BCUT2D eigenvalue weighted by molar-refractivity contribution is 5.83. The molecule has 1 saturated heterocycles. The summed E-state index contributed by atoms with van der Waals surface area (Å²) in [6.45, 7) is 8.80. The van der Waals surface area contributed by atoms with Crippen molar-refractivity contribution in [1.82, 2.24) is 4.90 Å². The molecule has 2 atom stereocenters. The van der Waals surface area contributed by atoms with Crippen LogP contribution in [0.1, 0.15) is 50.7 Å². The summed E-state index contributed by atoms with van der Waals surface area (Å²) >= 11 is 0. The number of hydrogen-bond donors (Lipinski definition) is 1. The number of aliphatic carboxylic acids is 1. The second kappa shape index (κ2) is 8.74. The van der Waals surface area contributed by atoms with Crippen molar-refractivity contribution >= 4 is 11.9 Å². The van der Waals surface area contributed by atoms with Crippen LogP contribution in [-0.2, 0) is 14.3 Å². The van der Waals surface area contributed by atoms with E-state index in [1.54, 1.807) is 11.8 Å². The number of aryl methyl sites for hydroxylation is 1. The predicted molar refractivity (Wildman–Crippen MR) is 103 cm³/mol. The van der Waals surface area contributed by atoms with Crippen LogP contribution >= 0.6 is 0 Å². The van der Waals surface area contributed by atoms with E-state index in [2.05, 4.69) is 13.8 Å². The zero-order valence-corrected chi connectivity index (χ0v) is 16.9. The summed E-state index contributed by atoms with van der Waals surface area (Å²) in [6, 6.07) is 5.86. The van der Waals surface area contributed by atoms with Crippen LogP contribution in [0.4, 0.5) is 0 Å². The SMILES string of the molecule is COCC1(C(=O)O)CCCN(C(=O)C(C)Oc2ccc(C(C)C)c(C)c2)C1. The smallest absolute Gasteiger partial charge is 0.313 e. The first-order chi connectivity index (χ1) is 12.7. The van der Waals surface area contributed by atoms with Gasteiger partial charge in [-0.2, -0.15) is 0 Å². The fourth-order valence-electron chi connectivity index (χ4n) is 3.83. The highest BCUT2D eigenvalue weighted by Gasteiger charge is 2.44. The molecule has 0 radical (unpaired) electrons. The van der Waals surface area contributed by atoms with Crippen molar-refractivity contribution in [3.63, 3.8) is 0 Å². The van der Waals surface area contributed by atoms with E-state index in [0.29, 0.717) is 31.1 Å². The van der Waals surface area contributed by atoms with Crippen LogP contribution in [0.3, 0.4) is 0 Å². The lowest BCUT2D eigenvalue weighted by molar-refractivity contribution is -0.160. The zero-order valence-electron chi connectivity index (χ0n) is 16.9. The monoisotopic (exact) mass is 377 g/mol. The molecule has 0 saturated carbocycles. The number of carboxylic acids is 1. The van der Waals surface area contributed by atoms with Gasteiger partial charge in [0, 0.05) is 20.2 Å². The van der Waals surface area contributed by atoms with Gasteiger partial charge in [-0.1, -0.05) is 19.9 Å². The van der Waals surface area contributed by atoms with Crippen LogP contribution in [0.15, 0.2) is 18.2 Å². The van der Waals surface area contributed by atoms with Gasteiger partial charge < -0.3 is 19.5 Å². The van der Waals surface area contributed by atoms with Gasteiger partial charge in [0.15, 0.2) is 6.10 Å². The number of carboxylic acid groups (broad SMARTS) is 1. The lowest BCUT2D eigenvalue weighted by Gasteiger charge is -2.40. The maximum Gasteiger partial charge on any atom is 0.313 e. The van der Waals surface area contributed by atoms with Crippen LogP contribution in [0.25, 0.3) is 0 Å². The Kier molecular flexibility index (Phi) is 6.87. The van der Waals surface area contributed by atoms with Gasteiger partial charge in [0.1, 0.15) is 11.2 Å². The average molecular weight is 377 g/mol. The average Bonchev–Trinajstić information content (AvgIpc) is 2.61. The number of carbonyl (C=O) groups excluding carboxylic acids is 1. The number of methoxy groups -OCH3 is 1. The quantitative estimate of drug-likeness (QED) is 0.789. The minimum Gasteiger partial charge on any atom is -0.481 e. The summed E-state index contributed by atoms with van der Waals surface area (Å²) < 4.78 is 11.0. The van der Waals surface area contributed by atoms with Gasteiger partial charge in [-0.25, -0.2) is 0 Å². The number of likely N-dealkylation sites (tertiary alicyclic amines) is 1. The summed E-state index contributed by atoms with van der Waals surface area (Å²) in [6.07, 6.45) is 0.461. The normalized spacial score (nSPS) is 21.2. The van der Waals surface area contributed by atoms with Crippen LogP contribution < -0.4 is 4.74 Å². The molecule has 1 amide bonds. The lowest BCUT2D eigenvalue weighted by Crippen LogP contribution is -2.54. The van der Waals surface area contributed by atoms with Crippen LogP contribution in [-0.4, -0.2) is 54.8 Å². The number of rotatable bonds is 7. The summed E-state index contributed by atoms with van der Waals surface area (Å²) in [5.74, 6) is -0.0372. The van der Waals surface area contributed by atoms with E-state index in [1.807, 2.05) is 25.1 Å². The van der Waals surface area contributed by atoms with Crippen molar-refractivity contribution in [3.05, 3.63) is 29.3 Å². The number of ether oxygens (including phenoxy) is 2. The molecule has 1 aliphatic rings. The van der Waals surface area contributed by atoms with E-state index < -0.39 is 17.5 Å². The molecule has 1 aromatic rings. The minimum atomic E-state index is -1.04. The molecule has 6 nitrogen and oxygen atoms in total. The Morgan fingerprint density at radius 2 is 2.00 bits per heavy atom. The Balaban J connectivity index is 2.08. The van der Waals surface area contributed by atoms with Gasteiger partial charge in [0.25, 0.3) is 5.91 Å². The molecular formula is C21H31NO5. The molecule has 0 spiro atoms. The molecule has 1 fully saturated rings. The Labute approximate surface area is 161 Å². The fraction of sp³-hybridized carbons (Fsp3) is 0.619. The van der Waals surface area contributed by atoms with E-state index >= 15 is 0 Å². The van der Waals surface area contributed by atoms with Gasteiger partial charge in [-0.05, 0) is 55.9 Å². The second-order valence-electron chi connectivity index (χ2n) is 7.82. The molecule has 27 heavy (non-hydrogen) atoms. The van der Waals surface area contributed by atoms with E-state index in [-0.39, 0.29) is 19.1 Å². The first-order valence-electron chi connectivity index (χ1n) is 9.48. The van der Waals surface area contributed by atoms with Gasteiger partial charge in [0.05, 0.1) is 6.61 Å². The van der Waals surface area contributed by atoms with Crippen molar-refractivity contribution < 1.29 is 24.2 Å². The number of carbonyl (C=O) groups is 2. The third-order valence-corrected chi connectivity index (χ3v) is 5.29. The van der Waals surface area contributed by atoms with E-state index in [1.165, 1.54) is 12.7 Å². The molecule has 1 heterocycles. The van der Waals surface area contributed by atoms with Crippen molar-refractivity contribution in [2.45, 2.75) is 52.6 Å². The first-order valence-corrected chi connectivity index (χ1v) is 9.48. The Bertz CT molecular complexity index is 683. The summed E-state index contributed by atoms with van der Waals surface area (Å²) in [5, 5.41) is 9.65. The number of hydrogen-bond acceptors (Lipinski definition) is 4. The summed E-state index contributed by atoms with van der Waals surface area (Å²) in [7, 11) is 1.49. The highest BCUT2D eigenvalue weighted by Crippen LogP contribution is 2.31. The molecule has 0 bridgehead atoms. The first kappa shape index (κ1) is 21.2. The Morgan fingerprint density at radius 1 is 1.30 bits per heavy atom. The second-order valence-corrected chi connectivity index (χ2v) is 7.82. The van der Waals surface area contributed by atoms with E-state index in [4.69, 9.17) is 9.47 Å². The molecule has 150 valence electrons. The maximum absolute atomic E-state index is 12.8. The standard InChI is InChI=1S/C21H31NO5/c1-14(2)18-8-7-17(11-15(18)3)27-16(4)19(23)22-10-6-9-21(12-22,13-26-5)20(24)25/h7-8,11,14,16H,6,9-10,12-13H2,1-5H3,(H,24,25). The van der Waals surface area contributed by atoms with Crippen molar-refractivity contribution in [2.75, 3.05) is 26.8 Å². The predicted octanol–water partition coefficient (Wildman–Crippen LogP) is 3.23. The van der Waals surface area contributed by atoms with Crippen molar-refractivity contribution in [2.24, 2.45) is 5.41 Å². The van der Waals surface area contributed by atoms with E-state index in [0.717, 1.165) is 5.56 Å². The zero-order chi connectivity index (χ0) is 20.2. The maximum atomic E-state index is 12.8. The number of nitrogens with zero attached hydrogens (tertiary/aromatic N) is 1. The van der Waals surface area contributed by atoms with Gasteiger partial charge in [0.2, 0.25) is 0 Å². The van der Waals surface area contributed by atoms with Crippen molar-refractivity contribution in [3.8, 4) is 5.75 Å². The number of benzene rings is 1. The molecule has 1 aliphatic heterocycles. The van der Waals surface area contributed by atoms with Crippen LogP contribution in [0.2, 0.25) is 0 Å². The summed E-state index contributed by atoms with van der Waals surface area (Å²) in [5.41, 5.74) is 1.34. The van der Waals surface area contributed by atoms with Gasteiger partial charge in [-0.3, -0.25) is 9.59 Å². The Morgan fingerprint density at radius 3 is 2.56 bits per heavy atom. The van der Waals surface area contributed by atoms with Crippen molar-refractivity contribution in [1.29, 1.82) is 0 Å². The van der Waals surface area contributed by atoms with Crippen LogP contribution in [0.5, 0.6) is 5.75 Å². The van der Waals surface area contributed by atoms with E-state index in [9.17, 15) is 14.7 Å². The molecule has 2 unspecified atom stereocenters. The third kappa shape index (κ3) is 4.80. The third-order valence-electron chi connectivity index (χ3n) is 5.29. The number of piperidine rings is 1. The molecule has 1 N–H and O–H groups in total. The minimum absolute atomic E-state index is 0.0945. The summed E-state index contributed by atoms with van der Waals surface area (Å²) in [4.78, 5) is 26.2. The van der Waals surface area contributed by atoms with Gasteiger partial charge >= 0.3 is 5.97 Å². The largest absolute Gasteiger partial charge is 0.481 e. The Hall–Kier alpha value is -2.08. The molecule has 0 aromatic heterocycles. The molecule has 6 heteroatoms. The fourth-order valence-corrected chi connectivity index (χ4v) is 3.83. The van der Waals surface area contributed by atoms with Crippen LogP contribution in [0, 0.1) is 12.3 Å². The molecule has 2 rings (SSSR count). The highest BCUT2D eigenvalue weighted by atomic mass is 16.5. The van der Waals surface area contributed by atoms with Gasteiger partial charge in [-0.15, -0.1) is 0 Å². The molecule has 0 aliphatic carbocycles. The molecular weight excluding hydrogens is 346 g/mol.